The molecule has 0 amide bonds. The second kappa shape index (κ2) is 10.7. The Labute approximate surface area is 223 Å². The maximum atomic E-state index is 10.5. The molecular formula is C31H36O7. The van der Waals surface area contributed by atoms with Gasteiger partial charge >= 0.3 is 0 Å². The van der Waals surface area contributed by atoms with Crippen LogP contribution in [0.4, 0.5) is 0 Å². The molecule has 1 saturated heterocycles. The van der Waals surface area contributed by atoms with Crippen LogP contribution in [0.1, 0.15) is 46.4 Å². The molecule has 0 aromatic heterocycles. The van der Waals surface area contributed by atoms with Gasteiger partial charge in [-0.1, -0.05) is 48.5 Å². The monoisotopic (exact) mass is 520 g/mol. The molecule has 5 rings (SSSR count). The number of fused-ring (bicyclic) bond motifs is 1. The fourth-order valence-electron chi connectivity index (χ4n) is 5.36. The van der Waals surface area contributed by atoms with Gasteiger partial charge in [-0.3, -0.25) is 0 Å². The summed E-state index contributed by atoms with van der Waals surface area (Å²) < 4.78 is 18.1. The summed E-state index contributed by atoms with van der Waals surface area (Å²) in [5.41, 5.74) is 5.86. The van der Waals surface area contributed by atoms with Gasteiger partial charge in [-0.15, -0.1) is 0 Å². The Hall–Kier alpha value is -2.94. The van der Waals surface area contributed by atoms with Crippen LogP contribution in [0.5, 0.6) is 11.5 Å². The predicted octanol–water partition coefficient (Wildman–Crippen LogP) is 3.18. The van der Waals surface area contributed by atoms with Crippen molar-refractivity contribution >= 4 is 0 Å². The maximum Gasteiger partial charge on any atom is 0.144 e. The van der Waals surface area contributed by atoms with E-state index in [0.717, 1.165) is 40.2 Å². The van der Waals surface area contributed by atoms with E-state index in [1.54, 1.807) is 0 Å². The molecule has 3 aromatic rings. The quantitative estimate of drug-likeness (QED) is 0.379. The first-order valence-electron chi connectivity index (χ1n) is 13.1. The van der Waals surface area contributed by atoms with Gasteiger partial charge in [0.25, 0.3) is 0 Å². The largest absolute Gasteiger partial charge is 0.489 e. The van der Waals surface area contributed by atoms with Crippen molar-refractivity contribution < 1.29 is 34.6 Å². The zero-order chi connectivity index (χ0) is 27.0. The lowest BCUT2D eigenvalue weighted by atomic mass is 9.89. The molecule has 7 heteroatoms. The molecule has 202 valence electrons. The molecule has 38 heavy (non-hydrogen) atoms. The van der Waals surface area contributed by atoms with E-state index >= 15 is 0 Å². The van der Waals surface area contributed by atoms with Crippen molar-refractivity contribution in [3.05, 3.63) is 94.0 Å². The van der Waals surface area contributed by atoms with Gasteiger partial charge in [0.2, 0.25) is 0 Å². The summed E-state index contributed by atoms with van der Waals surface area (Å²) in [6.07, 6.45) is -4.40. The van der Waals surface area contributed by atoms with Crippen LogP contribution in [-0.2, 0) is 17.6 Å². The summed E-state index contributed by atoms with van der Waals surface area (Å²) in [4.78, 5) is 0. The lowest BCUT2D eigenvalue weighted by molar-refractivity contribution is -0.231. The third-order valence-corrected chi connectivity index (χ3v) is 7.66. The molecule has 4 N–H and O–H groups in total. The molecule has 0 bridgehead atoms. The Morgan fingerprint density at radius 2 is 1.68 bits per heavy atom. The molecule has 1 fully saturated rings. The van der Waals surface area contributed by atoms with Crippen molar-refractivity contribution in [2.75, 3.05) is 13.2 Å². The van der Waals surface area contributed by atoms with E-state index in [9.17, 15) is 20.4 Å². The first kappa shape index (κ1) is 26.7. The first-order valence-corrected chi connectivity index (χ1v) is 13.1. The number of aryl methyl sites for hydroxylation is 2. The molecule has 7 nitrogen and oxygen atoms in total. The summed E-state index contributed by atoms with van der Waals surface area (Å²) in [5, 5.41) is 40.3. The van der Waals surface area contributed by atoms with Crippen molar-refractivity contribution in [3.8, 4) is 11.5 Å². The number of rotatable bonds is 7. The summed E-state index contributed by atoms with van der Waals surface area (Å²) >= 11 is 0. The van der Waals surface area contributed by atoms with Crippen molar-refractivity contribution in [3.63, 3.8) is 0 Å². The Morgan fingerprint density at radius 3 is 2.39 bits per heavy atom. The normalized spacial score (nSPS) is 28.6. The van der Waals surface area contributed by atoms with Gasteiger partial charge in [0, 0.05) is 6.42 Å². The molecule has 0 spiro atoms. The lowest BCUT2D eigenvalue weighted by Gasteiger charge is -2.40. The highest BCUT2D eigenvalue weighted by Crippen LogP contribution is 2.38. The van der Waals surface area contributed by atoms with E-state index in [4.69, 9.17) is 14.2 Å². The predicted molar refractivity (Wildman–Crippen MR) is 143 cm³/mol. The number of ether oxygens (including phenoxy) is 3. The van der Waals surface area contributed by atoms with Crippen LogP contribution >= 0.6 is 0 Å². The first-order chi connectivity index (χ1) is 18.2. The van der Waals surface area contributed by atoms with Gasteiger partial charge in [0.05, 0.1) is 6.61 Å². The summed E-state index contributed by atoms with van der Waals surface area (Å²) in [6.45, 7) is 6.15. The fourth-order valence-corrected chi connectivity index (χ4v) is 5.36. The van der Waals surface area contributed by atoms with E-state index < -0.39 is 42.7 Å². The SMILES string of the molecule is Cc1ccc([C@@H]2O[C@H](CO)[C@@H](O)[C@H](O)[C@H]2O)cc1Cc1ccc(OCC2(C)Cc3cccc(C)c3O2)cc1. The van der Waals surface area contributed by atoms with Crippen molar-refractivity contribution in [2.24, 2.45) is 0 Å². The fraction of sp³-hybridized carbons (Fsp3) is 0.419. The molecule has 6 atom stereocenters. The van der Waals surface area contributed by atoms with Crippen molar-refractivity contribution in [2.45, 2.75) is 69.7 Å². The van der Waals surface area contributed by atoms with Gasteiger partial charge in [0.1, 0.15) is 54.2 Å². The van der Waals surface area contributed by atoms with Gasteiger partial charge in [-0.25, -0.2) is 0 Å². The lowest BCUT2D eigenvalue weighted by Crippen LogP contribution is -2.55. The molecule has 1 unspecified atom stereocenters. The minimum absolute atomic E-state index is 0.408. The third-order valence-electron chi connectivity index (χ3n) is 7.66. The van der Waals surface area contributed by atoms with E-state index in [1.807, 2.05) is 49.4 Å². The van der Waals surface area contributed by atoms with E-state index in [2.05, 4.69) is 32.0 Å². The topological polar surface area (TPSA) is 109 Å². The Bertz CT molecular complexity index is 1270. The average molecular weight is 521 g/mol. The Morgan fingerprint density at radius 1 is 0.921 bits per heavy atom. The molecule has 0 radical (unpaired) electrons. The molecule has 2 heterocycles. The number of aliphatic hydroxyl groups is 4. The van der Waals surface area contributed by atoms with Crippen molar-refractivity contribution in [1.29, 1.82) is 0 Å². The highest BCUT2D eigenvalue weighted by Gasteiger charge is 2.44. The number of benzene rings is 3. The van der Waals surface area contributed by atoms with Crippen LogP contribution < -0.4 is 9.47 Å². The number of hydrogen-bond acceptors (Lipinski definition) is 7. The standard InChI is InChI=1S/C31H36O7/c1-18-7-10-21(30-28(35)27(34)26(33)25(16-32)37-30)14-23(18)13-20-8-11-24(12-9-20)36-17-31(3)15-22-6-4-5-19(2)29(22)38-31/h4-12,14,25-28,30,32-35H,13,15-17H2,1-3H3/t25-,26-,27+,28-,30+,31?/m1/s1. The average Bonchev–Trinajstić information content (AvgIpc) is 3.26. The summed E-state index contributed by atoms with van der Waals surface area (Å²) in [5.74, 6) is 1.74. The van der Waals surface area contributed by atoms with Crippen LogP contribution in [0.25, 0.3) is 0 Å². The summed E-state index contributed by atoms with van der Waals surface area (Å²) in [6, 6.07) is 20.0. The molecule has 0 aliphatic carbocycles. The molecule has 2 aliphatic rings. The smallest absolute Gasteiger partial charge is 0.144 e. The second-order valence-electron chi connectivity index (χ2n) is 10.8. The number of hydrogen-bond donors (Lipinski definition) is 4. The van der Waals surface area contributed by atoms with E-state index in [1.165, 1.54) is 5.56 Å². The number of aliphatic hydroxyl groups excluding tert-OH is 4. The van der Waals surface area contributed by atoms with Crippen LogP contribution in [0, 0.1) is 13.8 Å². The summed E-state index contributed by atoms with van der Waals surface area (Å²) in [7, 11) is 0. The maximum absolute atomic E-state index is 10.5. The second-order valence-corrected chi connectivity index (χ2v) is 10.8. The Kier molecular flexibility index (Phi) is 7.49. The third kappa shape index (κ3) is 5.30. The van der Waals surface area contributed by atoms with Gasteiger partial charge in [0.15, 0.2) is 0 Å². The minimum atomic E-state index is -1.40. The van der Waals surface area contributed by atoms with Crippen LogP contribution in [0.2, 0.25) is 0 Å². The van der Waals surface area contributed by atoms with Crippen molar-refractivity contribution in [1.82, 2.24) is 0 Å². The highest BCUT2D eigenvalue weighted by atomic mass is 16.6. The Balaban J connectivity index is 1.24. The van der Waals surface area contributed by atoms with Gasteiger partial charge in [-0.2, -0.15) is 0 Å². The van der Waals surface area contributed by atoms with E-state index in [-0.39, 0.29) is 0 Å². The van der Waals surface area contributed by atoms with E-state index in [0.29, 0.717) is 18.6 Å². The van der Waals surface area contributed by atoms with Crippen LogP contribution in [0.15, 0.2) is 60.7 Å². The highest BCUT2D eigenvalue weighted by molar-refractivity contribution is 5.45. The number of para-hydroxylation sites is 1. The molecular weight excluding hydrogens is 484 g/mol. The van der Waals surface area contributed by atoms with Crippen LogP contribution in [0.3, 0.4) is 0 Å². The molecule has 3 aromatic carbocycles. The van der Waals surface area contributed by atoms with Gasteiger partial charge in [-0.05, 0) is 72.7 Å². The zero-order valence-corrected chi connectivity index (χ0v) is 22.0. The van der Waals surface area contributed by atoms with Crippen LogP contribution in [-0.4, -0.2) is 63.7 Å². The van der Waals surface area contributed by atoms with Gasteiger partial charge < -0.3 is 34.6 Å². The molecule has 2 aliphatic heterocycles. The molecule has 0 saturated carbocycles. The minimum Gasteiger partial charge on any atom is -0.489 e. The zero-order valence-electron chi connectivity index (χ0n) is 22.0.